The van der Waals surface area contributed by atoms with Gasteiger partial charge in [0.2, 0.25) is 5.91 Å². The Labute approximate surface area is 111 Å². The first kappa shape index (κ1) is 13.5. The molecule has 2 amide bonds. The van der Waals surface area contributed by atoms with E-state index in [1.54, 1.807) is 10.7 Å². The molecule has 0 saturated carbocycles. The van der Waals surface area contributed by atoms with Gasteiger partial charge in [-0.25, -0.2) is 0 Å². The highest BCUT2D eigenvalue weighted by molar-refractivity contribution is 5.96. The number of nitrogens with one attached hydrogen (secondary N) is 1. The molecule has 0 aliphatic carbocycles. The molecule has 3 N–H and O–H groups in total. The van der Waals surface area contributed by atoms with Crippen LogP contribution in [0.5, 0.6) is 0 Å². The molecule has 104 valence electrons. The number of primary amides is 1. The van der Waals surface area contributed by atoms with E-state index in [4.69, 9.17) is 5.73 Å². The van der Waals surface area contributed by atoms with E-state index in [1.807, 2.05) is 13.8 Å². The van der Waals surface area contributed by atoms with Crippen LogP contribution < -0.4 is 11.1 Å². The van der Waals surface area contributed by atoms with Crippen LogP contribution in [0.2, 0.25) is 0 Å². The van der Waals surface area contributed by atoms with Crippen molar-refractivity contribution in [3.63, 3.8) is 0 Å². The van der Waals surface area contributed by atoms with E-state index in [2.05, 4.69) is 10.4 Å². The number of piperazine rings is 1. The summed E-state index contributed by atoms with van der Waals surface area (Å²) in [6, 6.07) is 1.15. The second-order valence-corrected chi connectivity index (χ2v) is 4.61. The summed E-state index contributed by atoms with van der Waals surface area (Å²) in [5.41, 5.74) is 6.65. The number of nitrogens with zero attached hydrogens (tertiary/aromatic N) is 3. The first-order valence-electron chi connectivity index (χ1n) is 6.40. The third-order valence-corrected chi connectivity index (χ3v) is 3.25. The van der Waals surface area contributed by atoms with Gasteiger partial charge in [-0.05, 0) is 19.9 Å². The van der Waals surface area contributed by atoms with Gasteiger partial charge in [-0.3, -0.25) is 14.3 Å². The minimum absolute atomic E-state index is 0.187. The Morgan fingerprint density at radius 3 is 2.95 bits per heavy atom. The number of hydrogen-bond donors (Lipinski definition) is 2. The fourth-order valence-electron chi connectivity index (χ4n) is 2.31. The summed E-state index contributed by atoms with van der Waals surface area (Å²) in [6.07, 6.45) is 0. The first-order chi connectivity index (χ1) is 9.04. The molecule has 2 heterocycles. The number of rotatable bonds is 3. The summed E-state index contributed by atoms with van der Waals surface area (Å²) in [6.45, 7) is 5.91. The third kappa shape index (κ3) is 2.60. The number of amides is 2. The molecule has 0 aromatic carbocycles. The van der Waals surface area contributed by atoms with Crippen LogP contribution in [0.25, 0.3) is 0 Å². The number of hydrogen-bond acceptors (Lipinski definition) is 4. The predicted molar refractivity (Wildman–Crippen MR) is 69.5 cm³/mol. The van der Waals surface area contributed by atoms with Crippen LogP contribution in [0, 0.1) is 6.92 Å². The highest BCUT2D eigenvalue weighted by atomic mass is 16.2. The quantitative estimate of drug-likeness (QED) is 0.741. The molecule has 1 atom stereocenters. The second kappa shape index (κ2) is 5.40. The monoisotopic (exact) mass is 265 g/mol. The highest BCUT2D eigenvalue weighted by Crippen LogP contribution is 2.12. The number of nitrogens with two attached hydrogens (primary N) is 1. The number of aryl methyl sites for hydroxylation is 2. The topological polar surface area (TPSA) is 93.2 Å². The van der Waals surface area contributed by atoms with Crippen molar-refractivity contribution in [3.05, 3.63) is 17.5 Å². The SMILES string of the molecule is CCn1nc(C)cc1C(=O)N1CCNCC1C(N)=O. The zero-order chi connectivity index (χ0) is 14.0. The van der Waals surface area contributed by atoms with Crippen molar-refractivity contribution in [1.82, 2.24) is 20.0 Å². The largest absolute Gasteiger partial charge is 0.368 e. The summed E-state index contributed by atoms with van der Waals surface area (Å²) in [7, 11) is 0. The maximum atomic E-state index is 12.5. The van der Waals surface area contributed by atoms with Crippen LogP contribution in [-0.2, 0) is 11.3 Å². The minimum Gasteiger partial charge on any atom is -0.368 e. The smallest absolute Gasteiger partial charge is 0.272 e. The fourth-order valence-corrected chi connectivity index (χ4v) is 2.31. The molecule has 1 fully saturated rings. The van der Waals surface area contributed by atoms with Gasteiger partial charge in [-0.1, -0.05) is 0 Å². The fraction of sp³-hybridized carbons (Fsp3) is 0.583. The van der Waals surface area contributed by atoms with E-state index in [1.165, 1.54) is 4.90 Å². The zero-order valence-electron chi connectivity index (χ0n) is 11.2. The zero-order valence-corrected chi connectivity index (χ0v) is 11.2. The van der Waals surface area contributed by atoms with Crippen LogP contribution in [0.4, 0.5) is 0 Å². The van der Waals surface area contributed by atoms with Gasteiger partial charge in [0.1, 0.15) is 11.7 Å². The van der Waals surface area contributed by atoms with Crippen LogP contribution in [0.1, 0.15) is 23.1 Å². The molecule has 0 radical (unpaired) electrons. The normalized spacial score (nSPS) is 19.5. The maximum absolute atomic E-state index is 12.5. The number of carbonyl (C=O) groups is 2. The van der Waals surface area contributed by atoms with Gasteiger partial charge in [0.05, 0.1) is 5.69 Å². The molecule has 1 aromatic heterocycles. The lowest BCUT2D eigenvalue weighted by molar-refractivity contribution is -0.122. The van der Waals surface area contributed by atoms with E-state index in [-0.39, 0.29) is 5.91 Å². The lowest BCUT2D eigenvalue weighted by atomic mass is 10.1. The van der Waals surface area contributed by atoms with E-state index >= 15 is 0 Å². The van der Waals surface area contributed by atoms with E-state index in [0.717, 1.165) is 5.69 Å². The molecule has 1 unspecified atom stereocenters. The van der Waals surface area contributed by atoms with Crippen LogP contribution in [-0.4, -0.2) is 52.2 Å². The number of carbonyl (C=O) groups excluding carboxylic acids is 2. The van der Waals surface area contributed by atoms with Crippen LogP contribution in [0.15, 0.2) is 6.07 Å². The summed E-state index contributed by atoms with van der Waals surface area (Å²) < 4.78 is 1.65. The third-order valence-electron chi connectivity index (χ3n) is 3.25. The van der Waals surface area contributed by atoms with Crippen molar-refractivity contribution < 1.29 is 9.59 Å². The van der Waals surface area contributed by atoms with Gasteiger partial charge in [-0.15, -0.1) is 0 Å². The minimum atomic E-state index is -0.596. The van der Waals surface area contributed by atoms with Crippen molar-refractivity contribution in [2.75, 3.05) is 19.6 Å². The van der Waals surface area contributed by atoms with Crippen molar-refractivity contribution in [1.29, 1.82) is 0 Å². The Bertz CT molecular complexity index is 496. The van der Waals surface area contributed by atoms with Crippen molar-refractivity contribution in [2.24, 2.45) is 5.73 Å². The van der Waals surface area contributed by atoms with Gasteiger partial charge in [0.15, 0.2) is 0 Å². The molecular formula is C12H19N5O2. The Morgan fingerprint density at radius 2 is 2.32 bits per heavy atom. The van der Waals surface area contributed by atoms with Gasteiger partial charge in [-0.2, -0.15) is 5.10 Å². The highest BCUT2D eigenvalue weighted by Gasteiger charge is 2.32. The van der Waals surface area contributed by atoms with Crippen molar-refractivity contribution in [3.8, 4) is 0 Å². The molecule has 1 saturated heterocycles. The Kier molecular flexibility index (Phi) is 3.84. The lowest BCUT2D eigenvalue weighted by Gasteiger charge is -2.34. The first-order valence-corrected chi connectivity index (χ1v) is 6.40. The maximum Gasteiger partial charge on any atom is 0.272 e. The van der Waals surface area contributed by atoms with Crippen LogP contribution in [0.3, 0.4) is 0 Å². The standard InChI is InChI=1S/C12H19N5O2/c1-3-17-9(6-8(2)15-17)12(19)16-5-4-14-7-10(16)11(13)18/h6,10,14H,3-5,7H2,1-2H3,(H2,13,18). The van der Waals surface area contributed by atoms with Gasteiger partial charge >= 0.3 is 0 Å². The van der Waals surface area contributed by atoms with E-state index in [0.29, 0.717) is 31.9 Å². The summed E-state index contributed by atoms with van der Waals surface area (Å²) in [5, 5.41) is 7.32. The molecule has 1 aromatic rings. The van der Waals surface area contributed by atoms with Gasteiger partial charge in [0.25, 0.3) is 5.91 Å². The summed E-state index contributed by atoms with van der Waals surface area (Å²) in [4.78, 5) is 25.5. The second-order valence-electron chi connectivity index (χ2n) is 4.61. The summed E-state index contributed by atoms with van der Waals surface area (Å²) >= 11 is 0. The predicted octanol–water partition coefficient (Wildman–Crippen LogP) is -0.889. The molecule has 1 aliphatic heterocycles. The van der Waals surface area contributed by atoms with Crippen molar-refractivity contribution >= 4 is 11.8 Å². The molecule has 7 nitrogen and oxygen atoms in total. The van der Waals surface area contributed by atoms with Crippen molar-refractivity contribution in [2.45, 2.75) is 26.4 Å². The van der Waals surface area contributed by atoms with Gasteiger partial charge < -0.3 is 16.0 Å². The Morgan fingerprint density at radius 1 is 1.58 bits per heavy atom. The number of aromatic nitrogens is 2. The summed E-state index contributed by atoms with van der Waals surface area (Å²) in [5.74, 6) is -0.674. The average molecular weight is 265 g/mol. The van der Waals surface area contributed by atoms with E-state index < -0.39 is 11.9 Å². The molecule has 0 spiro atoms. The van der Waals surface area contributed by atoms with Crippen LogP contribution >= 0.6 is 0 Å². The van der Waals surface area contributed by atoms with E-state index in [9.17, 15) is 9.59 Å². The molecule has 19 heavy (non-hydrogen) atoms. The van der Waals surface area contributed by atoms with Gasteiger partial charge in [0, 0.05) is 26.2 Å². The Balaban J connectivity index is 2.28. The Hall–Kier alpha value is -1.89. The average Bonchev–Trinajstić information content (AvgIpc) is 2.79. The molecule has 1 aliphatic rings. The molecular weight excluding hydrogens is 246 g/mol. The molecule has 2 rings (SSSR count). The lowest BCUT2D eigenvalue weighted by Crippen LogP contribution is -2.58. The molecule has 7 heteroatoms. The molecule has 0 bridgehead atoms.